The standard InChI is InChI=1S/C14H16/c1-10-4-6-13(7-5-10)14-8-11(2)12(3)9-14/h4-8H,9H2,1-3H3. The molecular formula is C14H16. The summed E-state index contributed by atoms with van der Waals surface area (Å²) in [4.78, 5) is 0. The molecule has 0 amide bonds. The molecule has 1 aliphatic carbocycles. The summed E-state index contributed by atoms with van der Waals surface area (Å²) in [5.74, 6) is 0. The zero-order chi connectivity index (χ0) is 10.1. The summed E-state index contributed by atoms with van der Waals surface area (Å²) in [6.45, 7) is 6.53. The predicted octanol–water partition coefficient (Wildman–Crippen LogP) is 4.12. The third kappa shape index (κ3) is 1.65. The van der Waals surface area contributed by atoms with Crippen molar-refractivity contribution in [3.8, 4) is 0 Å². The highest BCUT2D eigenvalue weighted by Crippen LogP contribution is 2.31. The molecule has 0 saturated carbocycles. The van der Waals surface area contributed by atoms with E-state index in [1.165, 1.54) is 27.8 Å². The average molecular weight is 184 g/mol. The van der Waals surface area contributed by atoms with Crippen molar-refractivity contribution in [1.29, 1.82) is 0 Å². The van der Waals surface area contributed by atoms with Crippen LogP contribution >= 0.6 is 0 Å². The van der Waals surface area contributed by atoms with E-state index in [1.54, 1.807) is 0 Å². The molecule has 1 aromatic carbocycles. The SMILES string of the molecule is CC1=C(C)CC(c2ccc(C)cc2)=C1. The fourth-order valence-corrected chi connectivity index (χ4v) is 1.81. The summed E-state index contributed by atoms with van der Waals surface area (Å²) < 4.78 is 0. The average Bonchev–Trinajstić information content (AvgIpc) is 2.48. The first-order valence-corrected chi connectivity index (χ1v) is 5.11. The highest BCUT2D eigenvalue weighted by molar-refractivity contribution is 5.73. The number of allylic oxidation sites excluding steroid dienone is 4. The van der Waals surface area contributed by atoms with Gasteiger partial charge in [0.1, 0.15) is 0 Å². The van der Waals surface area contributed by atoms with Crippen molar-refractivity contribution >= 4 is 5.57 Å². The predicted molar refractivity (Wildman–Crippen MR) is 62.1 cm³/mol. The topological polar surface area (TPSA) is 0 Å². The Balaban J connectivity index is 2.28. The van der Waals surface area contributed by atoms with Crippen LogP contribution in [-0.2, 0) is 0 Å². The van der Waals surface area contributed by atoms with Crippen LogP contribution in [-0.4, -0.2) is 0 Å². The molecule has 0 radical (unpaired) electrons. The number of aryl methyl sites for hydroxylation is 1. The molecule has 0 N–H and O–H groups in total. The fraction of sp³-hybridized carbons (Fsp3) is 0.286. The minimum absolute atomic E-state index is 1.12. The van der Waals surface area contributed by atoms with E-state index in [4.69, 9.17) is 0 Å². The van der Waals surface area contributed by atoms with E-state index in [0.717, 1.165) is 6.42 Å². The Morgan fingerprint density at radius 3 is 2.07 bits per heavy atom. The van der Waals surface area contributed by atoms with Gasteiger partial charge in [0.2, 0.25) is 0 Å². The molecule has 2 rings (SSSR count). The third-order valence-corrected chi connectivity index (χ3v) is 2.94. The molecule has 0 aromatic heterocycles. The largest absolute Gasteiger partial charge is 0.0660 e. The van der Waals surface area contributed by atoms with Gasteiger partial charge in [-0.05, 0) is 38.3 Å². The van der Waals surface area contributed by atoms with Gasteiger partial charge >= 0.3 is 0 Å². The molecule has 0 spiro atoms. The van der Waals surface area contributed by atoms with Crippen LogP contribution in [0.25, 0.3) is 5.57 Å². The lowest BCUT2D eigenvalue weighted by Crippen LogP contribution is -1.82. The molecule has 0 heteroatoms. The van der Waals surface area contributed by atoms with E-state index in [2.05, 4.69) is 51.1 Å². The van der Waals surface area contributed by atoms with Crippen LogP contribution in [0, 0.1) is 6.92 Å². The van der Waals surface area contributed by atoms with E-state index in [1.807, 2.05) is 0 Å². The molecule has 0 heterocycles. The summed E-state index contributed by atoms with van der Waals surface area (Å²) >= 11 is 0. The second-order valence-corrected chi connectivity index (χ2v) is 4.18. The first kappa shape index (κ1) is 9.26. The summed E-state index contributed by atoms with van der Waals surface area (Å²) in [7, 11) is 0. The second-order valence-electron chi connectivity index (χ2n) is 4.18. The Hall–Kier alpha value is -1.30. The summed E-state index contributed by atoms with van der Waals surface area (Å²) in [6, 6.07) is 8.79. The van der Waals surface area contributed by atoms with Crippen LogP contribution in [0.2, 0.25) is 0 Å². The lowest BCUT2D eigenvalue weighted by Gasteiger charge is -2.03. The maximum atomic E-state index is 2.31. The molecule has 0 atom stereocenters. The molecule has 0 aliphatic heterocycles. The van der Waals surface area contributed by atoms with Gasteiger partial charge in [-0.3, -0.25) is 0 Å². The van der Waals surface area contributed by atoms with Crippen LogP contribution < -0.4 is 0 Å². The highest BCUT2D eigenvalue weighted by Gasteiger charge is 2.10. The fourth-order valence-electron chi connectivity index (χ4n) is 1.81. The van der Waals surface area contributed by atoms with E-state index >= 15 is 0 Å². The van der Waals surface area contributed by atoms with Crippen molar-refractivity contribution in [1.82, 2.24) is 0 Å². The molecule has 0 nitrogen and oxygen atoms in total. The molecule has 0 unspecified atom stereocenters. The maximum absolute atomic E-state index is 2.31. The first-order chi connectivity index (χ1) is 6.66. The quantitative estimate of drug-likeness (QED) is 0.616. The molecular weight excluding hydrogens is 168 g/mol. The Morgan fingerprint density at radius 1 is 0.929 bits per heavy atom. The van der Waals surface area contributed by atoms with Gasteiger partial charge < -0.3 is 0 Å². The van der Waals surface area contributed by atoms with E-state index in [-0.39, 0.29) is 0 Å². The molecule has 1 aliphatic rings. The monoisotopic (exact) mass is 184 g/mol. The van der Waals surface area contributed by atoms with Crippen molar-refractivity contribution in [3.63, 3.8) is 0 Å². The van der Waals surface area contributed by atoms with Crippen LogP contribution in [0.4, 0.5) is 0 Å². The lowest BCUT2D eigenvalue weighted by molar-refractivity contribution is 1.23. The van der Waals surface area contributed by atoms with Crippen molar-refractivity contribution in [2.75, 3.05) is 0 Å². The maximum Gasteiger partial charge on any atom is -0.00581 e. The molecule has 72 valence electrons. The Labute approximate surface area is 86.0 Å². The Kier molecular flexibility index (Phi) is 2.28. The van der Waals surface area contributed by atoms with Gasteiger partial charge in [0, 0.05) is 0 Å². The van der Waals surface area contributed by atoms with Gasteiger partial charge in [-0.25, -0.2) is 0 Å². The summed E-state index contributed by atoms with van der Waals surface area (Å²) in [5.41, 5.74) is 7.08. The third-order valence-electron chi connectivity index (χ3n) is 2.94. The smallest absolute Gasteiger partial charge is 0.00581 e. The van der Waals surface area contributed by atoms with Gasteiger partial charge in [-0.1, -0.05) is 47.1 Å². The van der Waals surface area contributed by atoms with Gasteiger partial charge in [-0.2, -0.15) is 0 Å². The van der Waals surface area contributed by atoms with Crippen LogP contribution in [0.5, 0.6) is 0 Å². The van der Waals surface area contributed by atoms with Gasteiger partial charge in [0.05, 0.1) is 0 Å². The van der Waals surface area contributed by atoms with Crippen LogP contribution in [0.15, 0.2) is 41.5 Å². The highest BCUT2D eigenvalue weighted by atomic mass is 14.1. The van der Waals surface area contributed by atoms with Gasteiger partial charge in [-0.15, -0.1) is 0 Å². The molecule has 1 aromatic rings. The normalized spacial score (nSPS) is 16.1. The number of rotatable bonds is 1. The van der Waals surface area contributed by atoms with E-state index < -0.39 is 0 Å². The minimum Gasteiger partial charge on any atom is -0.0660 e. The van der Waals surface area contributed by atoms with Crippen LogP contribution in [0.1, 0.15) is 31.4 Å². The first-order valence-electron chi connectivity index (χ1n) is 5.11. The number of benzene rings is 1. The summed E-state index contributed by atoms with van der Waals surface area (Å²) in [6.07, 6.45) is 3.43. The molecule has 0 bridgehead atoms. The van der Waals surface area contributed by atoms with Crippen LogP contribution in [0.3, 0.4) is 0 Å². The molecule has 0 saturated heterocycles. The van der Waals surface area contributed by atoms with Crippen molar-refractivity contribution in [2.45, 2.75) is 27.2 Å². The molecule has 0 fully saturated rings. The van der Waals surface area contributed by atoms with Gasteiger partial charge in [0.25, 0.3) is 0 Å². The zero-order valence-corrected chi connectivity index (χ0v) is 9.09. The van der Waals surface area contributed by atoms with Crippen molar-refractivity contribution in [2.24, 2.45) is 0 Å². The van der Waals surface area contributed by atoms with Crippen molar-refractivity contribution in [3.05, 3.63) is 52.6 Å². The molecule has 14 heavy (non-hydrogen) atoms. The van der Waals surface area contributed by atoms with E-state index in [9.17, 15) is 0 Å². The Bertz CT molecular complexity index is 402. The van der Waals surface area contributed by atoms with Gasteiger partial charge in [0.15, 0.2) is 0 Å². The minimum atomic E-state index is 1.12. The zero-order valence-electron chi connectivity index (χ0n) is 9.09. The number of hydrogen-bond acceptors (Lipinski definition) is 0. The second kappa shape index (κ2) is 3.45. The Morgan fingerprint density at radius 2 is 1.57 bits per heavy atom. The summed E-state index contributed by atoms with van der Waals surface area (Å²) in [5, 5.41) is 0. The van der Waals surface area contributed by atoms with Crippen molar-refractivity contribution < 1.29 is 0 Å². The van der Waals surface area contributed by atoms with E-state index in [0.29, 0.717) is 0 Å². The number of hydrogen-bond donors (Lipinski definition) is 0. The lowest BCUT2D eigenvalue weighted by atomic mass is 10.0.